The maximum absolute atomic E-state index is 11.8. The van der Waals surface area contributed by atoms with E-state index in [-0.39, 0.29) is 30.9 Å². The first-order chi connectivity index (χ1) is 9.38. The lowest BCUT2D eigenvalue weighted by atomic mass is 10.3. The van der Waals surface area contributed by atoms with Crippen molar-refractivity contribution in [3.05, 3.63) is 29.3 Å². The van der Waals surface area contributed by atoms with Crippen LogP contribution >= 0.6 is 11.6 Å². The Bertz CT molecular complexity index is 477. The Kier molecular flexibility index (Phi) is 6.48. The first-order valence-corrected chi connectivity index (χ1v) is 6.78. The summed E-state index contributed by atoms with van der Waals surface area (Å²) in [4.78, 5) is 25.0. The fourth-order valence-electron chi connectivity index (χ4n) is 1.67. The van der Waals surface area contributed by atoms with Gasteiger partial charge in [-0.05, 0) is 33.0 Å². The Labute approximate surface area is 124 Å². The highest BCUT2D eigenvalue weighted by atomic mass is 35.5. The van der Waals surface area contributed by atoms with E-state index < -0.39 is 0 Å². The maximum Gasteiger partial charge on any atom is 0.238 e. The minimum absolute atomic E-state index is 0.0906. The highest BCUT2D eigenvalue weighted by Crippen LogP contribution is 2.20. The predicted octanol–water partition coefficient (Wildman–Crippen LogP) is 1.73. The van der Waals surface area contributed by atoms with Gasteiger partial charge in [-0.25, -0.2) is 0 Å². The SMILES string of the molecule is CC(C)NC(=O)CN(C)CC(=O)Nc1ccccc1Cl. The van der Waals surface area contributed by atoms with Crippen molar-refractivity contribution in [1.82, 2.24) is 10.2 Å². The summed E-state index contributed by atoms with van der Waals surface area (Å²) < 4.78 is 0. The van der Waals surface area contributed by atoms with Gasteiger partial charge >= 0.3 is 0 Å². The van der Waals surface area contributed by atoms with Gasteiger partial charge in [-0.15, -0.1) is 0 Å². The molecule has 0 fully saturated rings. The molecule has 6 heteroatoms. The van der Waals surface area contributed by atoms with E-state index in [0.29, 0.717) is 10.7 Å². The number of nitrogens with zero attached hydrogens (tertiary/aromatic N) is 1. The average molecular weight is 298 g/mol. The first kappa shape index (κ1) is 16.5. The van der Waals surface area contributed by atoms with Crippen molar-refractivity contribution in [3.63, 3.8) is 0 Å². The summed E-state index contributed by atoms with van der Waals surface area (Å²) in [6.45, 7) is 4.08. The summed E-state index contributed by atoms with van der Waals surface area (Å²) >= 11 is 5.95. The Morgan fingerprint density at radius 2 is 1.80 bits per heavy atom. The number of carbonyl (C=O) groups excluding carboxylic acids is 2. The number of rotatable bonds is 6. The van der Waals surface area contributed by atoms with Gasteiger partial charge in [0.05, 0.1) is 23.8 Å². The van der Waals surface area contributed by atoms with E-state index in [2.05, 4.69) is 10.6 Å². The number of halogens is 1. The van der Waals surface area contributed by atoms with E-state index in [1.807, 2.05) is 13.8 Å². The molecule has 1 aromatic carbocycles. The number of amides is 2. The van der Waals surface area contributed by atoms with Crippen LogP contribution in [-0.2, 0) is 9.59 Å². The molecule has 20 heavy (non-hydrogen) atoms. The highest BCUT2D eigenvalue weighted by molar-refractivity contribution is 6.33. The van der Waals surface area contributed by atoms with E-state index in [4.69, 9.17) is 11.6 Å². The number of nitrogens with one attached hydrogen (secondary N) is 2. The zero-order valence-corrected chi connectivity index (χ0v) is 12.7. The summed E-state index contributed by atoms with van der Waals surface area (Å²) in [5.41, 5.74) is 0.569. The van der Waals surface area contributed by atoms with Gasteiger partial charge in [0.1, 0.15) is 0 Å². The number of benzene rings is 1. The molecule has 0 aliphatic heterocycles. The van der Waals surface area contributed by atoms with Gasteiger partial charge in [-0.1, -0.05) is 23.7 Å². The molecule has 2 amide bonds. The average Bonchev–Trinajstić information content (AvgIpc) is 2.30. The van der Waals surface area contributed by atoms with E-state index in [1.54, 1.807) is 36.2 Å². The molecule has 0 bridgehead atoms. The highest BCUT2D eigenvalue weighted by Gasteiger charge is 2.12. The van der Waals surface area contributed by atoms with E-state index in [1.165, 1.54) is 0 Å². The third kappa shape index (κ3) is 6.04. The van der Waals surface area contributed by atoms with Crippen molar-refractivity contribution in [3.8, 4) is 0 Å². The fraction of sp³-hybridized carbons (Fsp3) is 0.429. The van der Waals surface area contributed by atoms with Crippen molar-refractivity contribution in [2.75, 3.05) is 25.5 Å². The number of hydrogen-bond donors (Lipinski definition) is 2. The summed E-state index contributed by atoms with van der Waals surface area (Å²) in [5, 5.41) is 5.97. The third-order valence-electron chi connectivity index (χ3n) is 2.42. The van der Waals surface area contributed by atoms with Gasteiger partial charge in [0.15, 0.2) is 0 Å². The molecule has 1 aromatic rings. The van der Waals surface area contributed by atoms with E-state index >= 15 is 0 Å². The molecule has 0 heterocycles. The number of para-hydroxylation sites is 1. The molecule has 0 atom stereocenters. The first-order valence-electron chi connectivity index (χ1n) is 6.40. The standard InChI is InChI=1S/C14H20ClN3O2/c1-10(2)16-13(19)8-18(3)9-14(20)17-12-7-5-4-6-11(12)15/h4-7,10H,8-9H2,1-3H3,(H,16,19)(H,17,20). The van der Waals surface area contributed by atoms with Crippen molar-refractivity contribution < 1.29 is 9.59 Å². The molecule has 0 radical (unpaired) electrons. The summed E-state index contributed by atoms with van der Waals surface area (Å²) in [5.74, 6) is -0.314. The number of carbonyl (C=O) groups is 2. The van der Waals surface area contributed by atoms with Gasteiger partial charge in [-0.3, -0.25) is 14.5 Å². The Hall–Kier alpha value is -1.59. The molecular weight excluding hydrogens is 278 g/mol. The van der Waals surface area contributed by atoms with Crippen LogP contribution in [0.5, 0.6) is 0 Å². The summed E-state index contributed by atoms with van der Waals surface area (Å²) in [7, 11) is 1.71. The maximum atomic E-state index is 11.8. The second-order valence-electron chi connectivity index (χ2n) is 4.92. The van der Waals surface area contributed by atoms with Crippen molar-refractivity contribution in [1.29, 1.82) is 0 Å². The lowest BCUT2D eigenvalue weighted by Crippen LogP contribution is -2.41. The largest absolute Gasteiger partial charge is 0.353 e. The number of hydrogen-bond acceptors (Lipinski definition) is 3. The molecule has 110 valence electrons. The number of anilines is 1. The molecule has 0 saturated heterocycles. The molecule has 0 saturated carbocycles. The molecule has 1 rings (SSSR count). The minimum atomic E-state index is -0.210. The smallest absolute Gasteiger partial charge is 0.238 e. The summed E-state index contributed by atoms with van der Waals surface area (Å²) in [6, 6.07) is 7.11. The second kappa shape index (κ2) is 7.87. The van der Waals surface area contributed by atoms with Crippen LogP contribution in [0.15, 0.2) is 24.3 Å². The lowest BCUT2D eigenvalue weighted by Gasteiger charge is -2.17. The van der Waals surface area contributed by atoms with Crippen LogP contribution < -0.4 is 10.6 Å². The Morgan fingerprint density at radius 3 is 2.40 bits per heavy atom. The zero-order valence-electron chi connectivity index (χ0n) is 11.9. The van der Waals surface area contributed by atoms with Crippen LogP contribution in [0.4, 0.5) is 5.69 Å². The third-order valence-corrected chi connectivity index (χ3v) is 2.75. The van der Waals surface area contributed by atoms with Crippen molar-refractivity contribution >= 4 is 29.1 Å². The topological polar surface area (TPSA) is 61.4 Å². The normalized spacial score (nSPS) is 10.7. The van der Waals surface area contributed by atoms with E-state index in [9.17, 15) is 9.59 Å². The van der Waals surface area contributed by atoms with Gasteiger partial charge in [0.25, 0.3) is 0 Å². The Morgan fingerprint density at radius 1 is 1.20 bits per heavy atom. The quantitative estimate of drug-likeness (QED) is 0.841. The van der Waals surface area contributed by atoms with Crippen molar-refractivity contribution in [2.24, 2.45) is 0 Å². The minimum Gasteiger partial charge on any atom is -0.353 e. The van der Waals surface area contributed by atoms with Gasteiger partial charge < -0.3 is 10.6 Å². The second-order valence-corrected chi connectivity index (χ2v) is 5.33. The van der Waals surface area contributed by atoms with Crippen LogP contribution in [0.2, 0.25) is 5.02 Å². The molecular formula is C14H20ClN3O2. The predicted molar refractivity (Wildman–Crippen MR) is 80.9 cm³/mol. The molecule has 2 N–H and O–H groups in total. The van der Waals surface area contributed by atoms with Gasteiger partial charge in [0, 0.05) is 6.04 Å². The van der Waals surface area contributed by atoms with Crippen LogP contribution in [0.1, 0.15) is 13.8 Å². The van der Waals surface area contributed by atoms with Crippen LogP contribution in [0.3, 0.4) is 0 Å². The van der Waals surface area contributed by atoms with Crippen molar-refractivity contribution in [2.45, 2.75) is 19.9 Å². The summed E-state index contributed by atoms with van der Waals surface area (Å²) in [6.07, 6.45) is 0. The van der Waals surface area contributed by atoms with Crippen LogP contribution in [0.25, 0.3) is 0 Å². The molecule has 5 nitrogen and oxygen atoms in total. The lowest BCUT2D eigenvalue weighted by molar-refractivity contribution is -0.123. The fourth-order valence-corrected chi connectivity index (χ4v) is 1.85. The van der Waals surface area contributed by atoms with Crippen LogP contribution in [-0.4, -0.2) is 42.9 Å². The van der Waals surface area contributed by atoms with Gasteiger partial charge in [-0.2, -0.15) is 0 Å². The molecule has 0 unspecified atom stereocenters. The monoisotopic (exact) mass is 297 g/mol. The van der Waals surface area contributed by atoms with E-state index in [0.717, 1.165) is 0 Å². The molecule has 0 aliphatic carbocycles. The van der Waals surface area contributed by atoms with Crippen LogP contribution in [0, 0.1) is 0 Å². The molecule has 0 spiro atoms. The zero-order chi connectivity index (χ0) is 15.1. The molecule has 0 aliphatic rings. The Balaban J connectivity index is 2.42. The molecule has 0 aromatic heterocycles. The van der Waals surface area contributed by atoms with Gasteiger partial charge in [0.2, 0.25) is 11.8 Å². The number of likely N-dealkylation sites (N-methyl/N-ethyl adjacent to an activating group) is 1.